The van der Waals surface area contributed by atoms with Gasteiger partial charge in [-0.2, -0.15) is 0 Å². The van der Waals surface area contributed by atoms with Crippen molar-refractivity contribution in [1.29, 1.82) is 0 Å². The second-order valence-corrected chi connectivity index (χ2v) is 21.4. The number of thiazole rings is 1. The number of hydrogen-bond acceptors (Lipinski definition) is 3. The van der Waals surface area contributed by atoms with Crippen molar-refractivity contribution in [3.05, 3.63) is 121 Å². The number of aromatic amines is 1. The number of nitrogens with one attached hydrogen (secondary N) is 1. The Balaban J connectivity index is 0.000000173. The molecule has 3 heterocycles. The molecule has 1 N–H and O–H groups in total. The van der Waals surface area contributed by atoms with Gasteiger partial charge in [-0.15, -0.1) is 11.3 Å². The van der Waals surface area contributed by atoms with Crippen LogP contribution >= 0.6 is 11.3 Å². The number of aromatic nitrogens is 2. The Bertz CT molecular complexity index is 2050. The minimum atomic E-state index is 0.213. The lowest BCUT2D eigenvalue weighted by molar-refractivity contribution is 0.590. The van der Waals surface area contributed by atoms with Crippen molar-refractivity contribution in [2.45, 2.75) is 172 Å². The molecule has 1 aliphatic carbocycles. The minimum Gasteiger partial charge on any atom is -0.358 e. The number of H-pyrrole nitrogens is 1. The van der Waals surface area contributed by atoms with E-state index in [2.05, 4.69) is 207 Å². The number of aliphatic imine (C=N–C) groups is 1. The van der Waals surface area contributed by atoms with Crippen molar-refractivity contribution >= 4 is 39.7 Å². The van der Waals surface area contributed by atoms with Crippen LogP contribution < -0.4 is 0 Å². The second-order valence-electron chi connectivity index (χ2n) is 20.5. The Kier molecular flexibility index (Phi) is 15.8. The van der Waals surface area contributed by atoms with Crippen LogP contribution in [0.25, 0.3) is 17.0 Å². The molecule has 5 aromatic rings. The summed E-state index contributed by atoms with van der Waals surface area (Å²) < 4.78 is 0. The highest BCUT2D eigenvalue weighted by molar-refractivity contribution is 7.09. The van der Waals surface area contributed by atoms with Gasteiger partial charge >= 0.3 is 0 Å². The van der Waals surface area contributed by atoms with Crippen LogP contribution in [0, 0.1) is 11.8 Å². The smallest absolute Gasteiger partial charge is 0.0953 e. The lowest BCUT2D eigenvalue weighted by atomic mass is 9.85. The SMILES string of the molecule is CC(C)C1=Cc2cc(C(C)(C)C)ccc2C1.CC(C)C1=Nc2cc(C(C)(C)C)ccc2C1.CC(C)c1ccc2cc(C(C)C)[nH]c2c1.CC(C)c1csc(C(C)C)n1. The summed E-state index contributed by atoms with van der Waals surface area (Å²) in [6.07, 6.45) is 4.57. The van der Waals surface area contributed by atoms with E-state index < -0.39 is 0 Å². The summed E-state index contributed by atoms with van der Waals surface area (Å²) >= 11 is 1.77. The first-order valence-electron chi connectivity index (χ1n) is 22.1. The van der Waals surface area contributed by atoms with Gasteiger partial charge in [-0.05, 0) is 104 Å². The zero-order valence-electron chi connectivity index (χ0n) is 39.6. The summed E-state index contributed by atoms with van der Waals surface area (Å²) in [5.74, 6) is 3.54. The van der Waals surface area contributed by atoms with Gasteiger partial charge in [-0.25, -0.2) is 4.98 Å². The first-order chi connectivity index (χ1) is 26.9. The van der Waals surface area contributed by atoms with E-state index in [0.29, 0.717) is 35.5 Å². The average Bonchev–Trinajstić information content (AvgIpc) is 3.95. The summed E-state index contributed by atoms with van der Waals surface area (Å²) in [6, 6.07) is 22.7. The minimum absolute atomic E-state index is 0.213. The molecule has 2 aromatic heterocycles. The first-order valence-corrected chi connectivity index (χ1v) is 22.9. The van der Waals surface area contributed by atoms with E-state index in [1.54, 1.807) is 16.9 Å². The van der Waals surface area contributed by atoms with Gasteiger partial charge < -0.3 is 4.98 Å². The molecule has 0 fully saturated rings. The van der Waals surface area contributed by atoms with Crippen molar-refractivity contribution < 1.29 is 0 Å². The molecule has 58 heavy (non-hydrogen) atoms. The highest BCUT2D eigenvalue weighted by Crippen LogP contribution is 2.35. The van der Waals surface area contributed by atoms with Crippen LogP contribution in [0.1, 0.15) is 198 Å². The fourth-order valence-electron chi connectivity index (χ4n) is 6.87. The monoisotopic (exact) mass is 800 g/mol. The number of hydrogen-bond donors (Lipinski definition) is 1. The van der Waals surface area contributed by atoms with Gasteiger partial charge in [0.1, 0.15) is 0 Å². The molecular weight excluding hydrogens is 723 g/mol. The molecule has 0 bridgehead atoms. The van der Waals surface area contributed by atoms with Gasteiger partial charge in [0.2, 0.25) is 0 Å². The summed E-state index contributed by atoms with van der Waals surface area (Å²) in [4.78, 5) is 12.8. The highest BCUT2D eigenvalue weighted by atomic mass is 32.1. The van der Waals surface area contributed by atoms with E-state index in [9.17, 15) is 0 Å². The van der Waals surface area contributed by atoms with Gasteiger partial charge in [0, 0.05) is 34.6 Å². The third-order valence-electron chi connectivity index (χ3n) is 11.3. The number of rotatable bonds is 6. The van der Waals surface area contributed by atoms with Crippen LogP contribution in [0.15, 0.2) is 76.6 Å². The Morgan fingerprint density at radius 3 is 1.71 bits per heavy atom. The average molecular weight is 800 g/mol. The maximum absolute atomic E-state index is 4.74. The van der Waals surface area contributed by atoms with Crippen molar-refractivity contribution in [3.63, 3.8) is 0 Å². The van der Waals surface area contributed by atoms with E-state index >= 15 is 0 Å². The Morgan fingerprint density at radius 2 is 1.21 bits per heavy atom. The van der Waals surface area contributed by atoms with Crippen LogP contribution in [0.5, 0.6) is 0 Å². The summed E-state index contributed by atoms with van der Waals surface area (Å²) in [7, 11) is 0. The molecule has 2 aliphatic rings. The van der Waals surface area contributed by atoms with Crippen LogP contribution in [-0.2, 0) is 23.7 Å². The molecule has 0 saturated carbocycles. The Labute approximate surface area is 358 Å². The number of allylic oxidation sites excluding steroid dienone is 1. The van der Waals surface area contributed by atoms with Gasteiger partial charge in [0.15, 0.2) is 0 Å². The van der Waals surface area contributed by atoms with Gasteiger partial charge in [0.05, 0.1) is 16.4 Å². The molecule has 7 rings (SSSR count). The number of fused-ring (bicyclic) bond motifs is 3. The lowest BCUT2D eigenvalue weighted by Crippen LogP contribution is -2.11. The van der Waals surface area contributed by atoms with Crippen LogP contribution in [0.4, 0.5) is 5.69 Å². The topological polar surface area (TPSA) is 41.0 Å². The van der Waals surface area contributed by atoms with Crippen LogP contribution in [-0.4, -0.2) is 15.7 Å². The van der Waals surface area contributed by atoms with Gasteiger partial charge in [-0.3, -0.25) is 4.99 Å². The van der Waals surface area contributed by atoms with E-state index in [0.717, 1.165) is 12.8 Å². The van der Waals surface area contributed by atoms with E-state index in [1.165, 1.54) is 72.1 Å². The Morgan fingerprint density at radius 1 is 0.586 bits per heavy atom. The number of benzene rings is 3. The molecule has 0 saturated heterocycles. The predicted molar refractivity (Wildman–Crippen MR) is 259 cm³/mol. The summed E-state index contributed by atoms with van der Waals surface area (Å²) in [6.45, 7) is 40.2. The van der Waals surface area contributed by atoms with Crippen molar-refractivity contribution in [3.8, 4) is 0 Å². The standard InChI is InChI=1S/C16H22.C15H21N.C14H19N.C9H15NS/c1-11(2)13-8-12-6-7-15(16(3,4)5)10-14(12)9-13;1-10(2)13-8-11-6-7-12(15(3,4)5)9-14(11)16-13;1-9(2)11-5-6-12-8-13(10(3)4)15-14(12)7-11;1-6(2)8-5-11-9(10-8)7(3)4/h6-7,9-11H,8H2,1-5H3;6-7,9-10H,8H2,1-5H3;5-10,15H,1-4H3;5-7H,1-4H3. The fraction of sp³-hybridized carbons (Fsp3) is 0.519. The summed E-state index contributed by atoms with van der Waals surface area (Å²) in [5, 5.41) is 4.75. The van der Waals surface area contributed by atoms with E-state index in [-0.39, 0.29) is 10.8 Å². The van der Waals surface area contributed by atoms with Crippen molar-refractivity contribution in [2.24, 2.45) is 16.8 Å². The third kappa shape index (κ3) is 12.6. The molecule has 0 spiro atoms. The fourth-order valence-corrected chi connectivity index (χ4v) is 7.87. The molecule has 0 atom stereocenters. The molecule has 314 valence electrons. The molecule has 3 aromatic carbocycles. The number of nitrogens with zero attached hydrogens (tertiary/aromatic N) is 2. The Hall–Kier alpha value is -3.76. The molecule has 0 unspecified atom stereocenters. The van der Waals surface area contributed by atoms with Crippen LogP contribution in [0.2, 0.25) is 0 Å². The van der Waals surface area contributed by atoms with Crippen molar-refractivity contribution in [1.82, 2.24) is 9.97 Å². The van der Waals surface area contributed by atoms with Crippen molar-refractivity contribution in [2.75, 3.05) is 0 Å². The molecular formula is C54H77N3S. The van der Waals surface area contributed by atoms with E-state index in [1.807, 2.05) is 0 Å². The molecule has 3 nitrogen and oxygen atoms in total. The highest BCUT2D eigenvalue weighted by Gasteiger charge is 2.21. The maximum atomic E-state index is 4.74. The quantitative estimate of drug-likeness (QED) is 0.183. The zero-order chi connectivity index (χ0) is 43.3. The molecule has 4 heteroatoms. The predicted octanol–water partition coefficient (Wildman–Crippen LogP) is 16.7. The lowest BCUT2D eigenvalue weighted by Gasteiger charge is -2.19. The van der Waals surface area contributed by atoms with Crippen LogP contribution in [0.3, 0.4) is 0 Å². The zero-order valence-corrected chi connectivity index (χ0v) is 40.4. The second kappa shape index (κ2) is 19.5. The molecule has 0 radical (unpaired) electrons. The third-order valence-corrected chi connectivity index (χ3v) is 12.5. The maximum Gasteiger partial charge on any atom is 0.0953 e. The van der Waals surface area contributed by atoms with Gasteiger partial charge in [0.25, 0.3) is 0 Å². The normalized spacial score (nSPS) is 13.7. The first kappa shape index (κ1) is 46.9. The summed E-state index contributed by atoms with van der Waals surface area (Å²) in [5.41, 5.74) is 16.9. The van der Waals surface area contributed by atoms with E-state index in [4.69, 9.17) is 4.99 Å². The molecule has 1 aliphatic heterocycles. The largest absolute Gasteiger partial charge is 0.358 e. The van der Waals surface area contributed by atoms with Gasteiger partial charge in [-0.1, -0.05) is 179 Å². The molecule has 0 amide bonds.